The third-order valence-corrected chi connectivity index (χ3v) is 5.22. The predicted molar refractivity (Wildman–Crippen MR) is 70.8 cm³/mol. The summed E-state index contributed by atoms with van der Waals surface area (Å²) in [6.07, 6.45) is 1.08. The Hall–Kier alpha value is -0.650. The van der Waals surface area contributed by atoms with Crippen LogP contribution in [-0.4, -0.2) is 47.6 Å². The quantitative estimate of drug-likeness (QED) is 0.709. The Morgan fingerprint density at radius 2 is 1.95 bits per heavy atom. The lowest BCUT2D eigenvalue weighted by atomic mass is 9.61. The van der Waals surface area contributed by atoms with Crippen molar-refractivity contribution < 1.29 is 19.7 Å². The van der Waals surface area contributed by atoms with Gasteiger partial charge in [0.15, 0.2) is 0 Å². The van der Waals surface area contributed by atoms with E-state index in [0.717, 1.165) is 6.42 Å². The number of ether oxygens (including phenoxy) is 1. The van der Waals surface area contributed by atoms with Crippen LogP contribution in [-0.2, 0) is 9.53 Å². The molecule has 1 aliphatic carbocycles. The van der Waals surface area contributed by atoms with Crippen molar-refractivity contribution in [1.29, 1.82) is 0 Å². The fraction of sp³-hybridized carbons (Fsp3) is 0.929. The summed E-state index contributed by atoms with van der Waals surface area (Å²) >= 11 is 0. The van der Waals surface area contributed by atoms with E-state index in [1.54, 1.807) is 0 Å². The van der Waals surface area contributed by atoms with E-state index in [0.29, 0.717) is 19.6 Å². The number of hydrogen-bond acceptors (Lipinski definition) is 4. The lowest BCUT2D eigenvalue weighted by molar-refractivity contribution is -0.150. The molecule has 5 unspecified atom stereocenters. The van der Waals surface area contributed by atoms with Crippen molar-refractivity contribution in [2.45, 2.75) is 51.8 Å². The fourth-order valence-corrected chi connectivity index (χ4v) is 3.45. The minimum absolute atomic E-state index is 0.0235. The van der Waals surface area contributed by atoms with Crippen molar-refractivity contribution in [3.8, 4) is 0 Å². The normalized spacial score (nSPS) is 42.2. The molecule has 0 radical (unpaired) electrons. The SMILES string of the molecule is CC1C(NC2COCC2O)CCC(C(=O)O)C1(C)C. The molecule has 0 amide bonds. The fourth-order valence-electron chi connectivity index (χ4n) is 3.45. The van der Waals surface area contributed by atoms with Crippen LogP contribution in [0.2, 0.25) is 0 Å². The molecule has 5 heteroatoms. The van der Waals surface area contributed by atoms with Crippen LogP contribution in [0.4, 0.5) is 0 Å². The Labute approximate surface area is 114 Å². The van der Waals surface area contributed by atoms with Crippen LogP contribution in [0.3, 0.4) is 0 Å². The monoisotopic (exact) mass is 271 g/mol. The molecule has 2 aliphatic rings. The van der Waals surface area contributed by atoms with Crippen LogP contribution >= 0.6 is 0 Å². The van der Waals surface area contributed by atoms with Crippen LogP contribution in [0, 0.1) is 17.3 Å². The van der Waals surface area contributed by atoms with Crippen LogP contribution in [0.5, 0.6) is 0 Å². The Kier molecular flexibility index (Phi) is 4.18. The van der Waals surface area contributed by atoms with Gasteiger partial charge in [0.2, 0.25) is 0 Å². The van der Waals surface area contributed by atoms with Gasteiger partial charge in [-0.2, -0.15) is 0 Å². The zero-order valence-corrected chi connectivity index (χ0v) is 11.9. The van der Waals surface area contributed by atoms with Gasteiger partial charge in [-0.1, -0.05) is 20.8 Å². The highest BCUT2D eigenvalue weighted by molar-refractivity contribution is 5.71. The Bertz CT molecular complexity index is 344. The smallest absolute Gasteiger partial charge is 0.307 e. The van der Waals surface area contributed by atoms with Gasteiger partial charge in [-0.25, -0.2) is 0 Å². The summed E-state index contributed by atoms with van der Waals surface area (Å²) in [7, 11) is 0. The van der Waals surface area contributed by atoms with Gasteiger partial charge in [0.1, 0.15) is 0 Å². The maximum absolute atomic E-state index is 11.3. The van der Waals surface area contributed by atoms with Gasteiger partial charge in [0.25, 0.3) is 0 Å². The highest BCUT2D eigenvalue weighted by Gasteiger charge is 2.47. The number of hydrogen-bond donors (Lipinski definition) is 3. The highest BCUT2D eigenvalue weighted by Crippen LogP contribution is 2.45. The molecule has 5 nitrogen and oxygen atoms in total. The second-order valence-electron chi connectivity index (χ2n) is 6.56. The summed E-state index contributed by atoms with van der Waals surface area (Å²) in [4.78, 5) is 11.3. The van der Waals surface area contributed by atoms with Crippen molar-refractivity contribution in [3.05, 3.63) is 0 Å². The summed E-state index contributed by atoms with van der Waals surface area (Å²) in [5, 5.41) is 22.6. The van der Waals surface area contributed by atoms with Gasteiger partial charge in [0, 0.05) is 6.04 Å². The van der Waals surface area contributed by atoms with E-state index in [9.17, 15) is 15.0 Å². The highest BCUT2D eigenvalue weighted by atomic mass is 16.5. The number of carboxylic acids is 1. The van der Waals surface area contributed by atoms with E-state index in [-0.39, 0.29) is 29.3 Å². The van der Waals surface area contributed by atoms with Gasteiger partial charge in [0.05, 0.1) is 31.3 Å². The molecule has 1 saturated carbocycles. The van der Waals surface area contributed by atoms with E-state index < -0.39 is 12.1 Å². The molecule has 3 N–H and O–H groups in total. The lowest BCUT2D eigenvalue weighted by Gasteiger charge is -2.47. The molecule has 19 heavy (non-hydrogen) atoms. The first-order chi connectivity index (χ1) is 8.84. The molecular weight excluding hydrogens is 246 g/mol. The first-order valence-corrected chi connectivity index (χ1v) is 7.08. The molecular formula is C14H25NO4. The minimum Gasteiger partial charge on any atom is -0.481 e. The van der Waals surface area contributed by atoms with E-state index in [4.69, 9.17) is 4.74 Å². The van der Waals surface area contributed by atoms with Gasteiger partial charge in [-0.05, 0) is 24.2 Å². The molecule has 0 spiro atoms. The van der Waals surface area contributed by atoms with Crippen molar-refractivity contribution in [3.63, 3.8) is 0 Å². The molecule has 2 rings (SSSR count). The first-order valence-electron chi connectivity index (χ1n) is 7.08. The second kappa shape index (κ2) is 5.38. The topological polar surface area (TPSA) is 78.8 Å². The lowest BCUT2D eigenvalue weighted by Crippen LogP contribution is -2.55. The molecule has 1 heterocycles. The molecule has 5 atom stereocenters. The van der Waals surface area contributed by atoms with Crippen LogP contribution in [0.15, 0.2) is 0 Å². The number of rotatable bonds is 3. The molecule has 0 aromatic rings. The third-order valence-electron chi connectivity index (χ3n) is 5.22. The van der Waals surface area contributed by atoms with E-state index >= 15 is 0 Å². The van der Waals surface area contributed by atoms with Gasteiger partial charge < -0.3 is 20.3 Å². The number of carbonyl (C=O) groups is 1. The second-order valence-corrected chi connectivity index (χ2v) is 6.56. The molecule has 0 aromatic carbocycles. The van der Waals surface area contributed by atoms with Crippen molar-refractivity contribution >= 4 is 5.97 Å². The van der Waals surface area contributed by atoms with E-state index in [2.05, 4.69) is 12.2 Å². The third kappa shape index (κ3) is 2.78. The van der Waals surface area contributed by atoms with E-state index in [1.165, 1.54) is 0 Å². The first kappa shape index (κ1) is 14.8. The summed E-state index contributed by atoms with van der Waals surface area (Å²) in [5.41, 5.74) is -0.244. The van der Waals surface area contributed by atoms with Crippen molar-refractivity contribution in [2.75, 3.05) is 13.2 Å². The summed E-state index contributed by atoms with van der Waals surface area (Å²) in [6.45, 7) is 7.10. The predicted octanol–water partition coefficient (Wildman–Crippen LogP) is 0.861. The van der Waals surface area contributed by atoms with Gasteiger partial charge in [-0.15, -0.1) is 0 Å². The summed E-state index contributed by atoms with van der Waals surface area (Å²) in [5.74, 6) is -0.736. The number of aliphatic hydroxyl groups is 1. The summed E-state index contributed by atoms with van der Waals surface area (Å²) < 4.78 is 5.25. The Morgan fingerprint density at radius 3 is 2.47 bits per heavy atom. The van der Waals surface area contributed by atoms with Crippen LogP contribution in [0.1, 0.15) is 33.6 Å². The Morgan fingerprint density at radius 1 is 1.26 bits per heavy atom. The van der Waals surface area contributed by atoms with Crippen LogP contribution < -0.4 is 5.32 Å². The zero-order chi connectivity index (χ0) is 14.2. The molecule has 0 bridgehead atoms. The molecule has 2 fully saturated rings. The molecule has 1 saturated heterocycles. The average molecular weight is 271 g/mol. The number of aliphatic hydroxyl groups excluding tert-OH is 1. The largest absolute Gasteiger partial charge is 0.481 e. The van der Waals surface area contributed by atoms with Crippen molar-refractivity contribution in [1.82, 2.24) is 5.32 Å². The number of carboxylic acid groups (broad SMARTS) is 1. The minimum atomic E-state index is -0.695. The Balaban J connectivity index is 2.03. The number of nitrogens with one attached hydrogen (secondary N) is 1. The van der Waals surface area contributed by atoms with Crippen molar-refractivity contribution in [2.24, 2.45) is 17.3 Å². The molecule has 1 aliphatic heterocycles. The van der Waals surface area contributed by atoms with E-state index in [1.807, 2.05) is 13.8 Å². The zero-order valence-electron chi connectivity index (χ0n) is 11.9. The molecule has 0 aromatic heterocycles. The maximum atomic E-state index is 11.3. The standard InChI is InChI=1S/C14H25NO4/c1-8-10(15-11-6-19-7-12(11)16)5-4-9(13(17)18)14(8,2)3/h8-12,15-16H,4-7H2,1-3H3,(H,17,18). The summed E-state index contributed by atoms with van der Waals surface area (Å²) in [6, 6.07) is 0.219. The van der Waals surface area contributed by atoms with Gasteiger partial charge in [-0.3, -0.25) is 4.79 Å². The molecule has 110 valence electrons. The average Bonchev–Trinajstić information content (AvgIpc) is 2.70. The van der Waals surface area contributed by atoms with Crippen LogP contribution in [0.25, 0.3) is 0 Å². The van der Waals surface area contributed by atoms with Gasteiger partial charge >= 0.3 is 5.97 Å². The number of aliphatic carboxylic acids is 1. The maximum Gasteiger partial charge on any atom is 0.307 e.